The Morgan fingerprint density at radius 2 is 2.00 bits per heavy atom. The standard InChI is InChI=1S/C20H20N8/c1-14(17-6-4-5-15(11-17)12-21)24-18(22)13-27(2)20-26-25-19(28(20)3)16-7-9-23-10-8-16/h4-11,22H,13H2,1-3H3. The number of hydrogen-bond donors (Lipinski definition) is 1. The Bertz CT molecular complexity index is 1060. The maximum atomic E-state index is 9.02. The molecule has 140 valence electrons. The third kappa shape index (κ3) is 4.10. The van der Waals surface area contributed by atoms with Gasteiger partial charge in [-0.25, -0.2) is 4.99 Å². The molecule has 0 radical (unpaired) electrons. The van der Waals surface area contributed by atoms with E-state index in [-0.39, 0.29) is 12.4 Å². The van der Waals surface area contributed by atoms with Crippen molar-refractivity contribution in [3.05, 3.63) is 59.9 Å². The molecule has 0 saturated carbocycles. The van der Waals surface area contributed by atoms with Crippen molar-refractivity contribution in [2.75, 3.05) is 18.5 Å². The Labute approximate surface area is 163 Å². The van der Waals surface area contributed by atoms with Crippen LogP contribution < -0.4 is 4.90 Å². The predicted octanol–water partition coefficient (Wildman–Crippen LogP) is 2.67. The number of pyridine rings is 1. The van der Waals surface area contributed by atoms with E-state index in [0.717, 1.165) is 17.0 Å². The van der Waals surface area contributed by atoms with Crippen molar-refractivity contribution in [1.82, 2.24) is 19.7 Å². The highest BCUT2D eigenvalue weighted by atomic mass is 15.4. The van der Waals surface area contributed by atoms with Gasteiger partial charge < -0.3 is 4.90 Å². The van der Waals surface area contributed by atoms with Crippen LogP contribution >= 0.6 is 0 Å². The molecule has 0 aliphatic carbocycles. The lowest BCUT2D eigenvalue weighted by Gasteiger charge is -2.17. The van der Waals surface area contributed by atoms with Crippen LogP contribution in [-0.2, 0) is 7.05 Å². The number of hydrogen-bond acceptors (Lipinski definition) is 6. The third-order valence-electron chi connectivity index (χ3n) is 4.23. The highest BCUT2D eigenvalue weighted by Crippen LogP contribution is 2.19. The van der Waals surface area contributed by atoms with Gasteiger partial charge in [-0.15, -0.1) is 10.2 Å². The lowest BCUT2D eigenvalue weighted by molar-refractivity contribution is 0.853. The van der Waals surface area contributed by atoms with Crippen molar-refractivity contribution >= 4 is 17.5 Å². The molecule has 0 spiro atoms. The number of aromatic nitrogens is 4. The summed E-state index contributed by atoms with van der Waals surface area (Å²) in [6.45, 7) is 2.10. The second-order valence-electron chi connectivity index (χ2n) is 6.31. The molecule has 28 heavy (non-hydrogen) atoms. The number of nitriles is 1. The summed E-state index contributed by atoms with van der Waals surface area (Å²) in [4.78, 5) is 10.2. The first-order valence-electron chi connectivity index (χ1n) is 8.63. The quantitative estimate of drug-likeness (QED) is 0.547. The first-order chi connectivity index (χ1) is 13.5. The minimum absolute atomic E-state index is 0.191. The van der Waals surface area contributed by atoms with E-state index in [1.54, 1.807) is 24.5 Å². The Kier molecular flexibility index (Phi) is 5.56. The van der Waals surface area contributed by atoms with E-state index in [1.807, 2.05) is 54.8 Å². The molecule has 1 N–H and O–H groups in total. The van der Waals surface area contributed by atoms with Crippen LogP contribution in [0.3, 0.4) is 0 Å². The highest BCUT2D eigenvalue weighted by molar-refractivity contribution is 6.06. The van der Waals surface area contributed by atoms with Crippen molar-refractivity contribution in [2.45, 2.75) is 6.92 Å². The lowest BCUT2D eigenvalue weighted by atomic mass is 10.1. The first-order valence-corrected chi connectivity index (χ1v) is 8.63. The van der Waals surface area contributed by atoms with Crippen LogP contribution in [0.5, 0.6) is 0 Å². The van der Waals surface area contributed by atoms with Crippen LogP contribution in [0.25, 0.3) is 11.4 Å². The Hall–Kier alpha value is -3.86. The molecule has 8 heteroatoms. The maximum Gasteiger partial charge on any atom is 0.227 e. The fourth-order valence-electron chi connectivity index (χ4n) is 2.82. The van der Waals surface area contributed by atoms with Crippen LogP contribution in [0.2, 0.25) is 0 Å². The Morgan fingerprint density at radius 3 is 2.71 bits per heavy atom. The van der Waals surface area contributed by atoms with E-state index in [1.165, 1.54) is 0 Å². The van der Waals surface area contributed by atoms with Gasteiger partial charge in [-0.3, -0.25) is 15.0 Å². The summed E-state index contributed by atoms with van der Waals surface area (Å²) < 4.78 is 1.87. The van der Waals surface area contributed by atoms with Gasteiger partial charge in [-0.1, -0.05) is 12.1 Å². The molecule has 8 nitrogen and oxygen atoms in total. The van der Waals surface area contributed by atoms with Crippen LogP contribution in [0.1, 0.15) is 18.1 Å². The fraction of sp³-hybridized carbons (Fsp3) is 0.200. The molecule has 2 aromatic heterocycles. The molecule has 0 aliphatic heterocycles. The van der Waals surface area contributed by atoms with Gasteiger partial charge in [0, 0.05) is 37.8 Å². The third-order valence-corrected chi connectivity index (χ3v) is 4.23. The minimum Gasteiger partial charge on any atom is -0.336 e. The number of anilines is 1. The van der Waals surface area contributed by atoms with Gasteiger partial charge >= 0.3 is 0 Å². The molecule has 0 bridgehead atoms. The van der Waals surface area contributed by atoms with Crippen LogP contribution in [0, 0.1) is 16.7 Å². The van der Waals surface area contributed by atoms with Gasteiger partial charge in [-0.2, -0.15) is 5.26 Å². The van der Waals surface area contributed by atoms with E-state index >= 15 is 0 Å². The summed E-state index contributed by atoms with van der Waals surface area (Å²) in [7, 11) is 3.73. The van der Waals surface area contributed by atoms with Crippen molar-refractivity contribution in [3.63, 3.8) is 0 Å². The van der Waals surface area contributed by atoms with E-state index in [9.17, 15) is 0 Å². The van der Waals surface area contributed by atoms with E-state index < -0.39 is 0 Å². The molecular weight excluding hydrogens is 352 g/mol. The van der Waals surface area contributed by atoms with Crippen molar-refractivity contribution in [3.8, 4) is 17.5 Å². The zero-order valence-electron chi connectivity index (χ0n) is 16.0. The molecule has 2 heterocycles. The van der Waals surface area contributed by atoms with E-state index in [0.29, 0.717) is 17.2 Å². The molecule has 0 fully saturated rings. The number of aliphatic imine (C=N–C) groups is 1. The summed E-state index contributed by atoms with van der Waals surface area (Å²) in [5.41, 5.74) is 3.00. The van der Waals surface area contributed by atoms with E-state index in [2.05, 4.69) is 26.2 Å². The molecule has 0 atom stereocenters. The van der Waals surface area contributed by atoms with Crippen molar-refractivity contribution in [2.24, 2.45) is 12.0 Å². The monoisotopic (exact) mass is 372 g/mol. The lowest BCUT2D eigenvalue weighted by Crippen LogP contribution is -2.27. The van der Waals surface area contributed by atoms with Crippen molar-refractivity contribution < 1.29 is 0 Å². The molecule has 0 unspecified atom stereocenters. The maximum absolute atomic E-state index is 9.02. The Morgan fingerprint density at radius 1 is 1.25 bits per heavy atom. The summed E-state index contributed by atoms with van der Waals surface area (Å²) in [6.07, 6.45) is 3.42. The van der Waals surface area contributed by atoms with Gasteiger partial charge in [0.25, 0.3) is 0 Å². The molecule has 3 aromatic rings. The normalized spacial score (nSPS) is 11.1. The fourth-order valence-corrected chi connectivity index (χ4v) is 2.82. The zero-order valence-corrected chi connectivity index (χ0v) is 16.0. The average Bonchev–Trinajstić information content (AvgIpc) is 3.10. The van der Waals surface area contributed by atoms with Crippen LogP contribution in [0.4, 0.5) is 5.95 Å². The average molecular weight is 372 g/mol. The Balaban J connectivity index is 1.74. The molecular formula is C20H20N8. The summed E-state index contributed by atoms with van der Waals surface area (Å²) in [6, 6.07) is 13.0. The molecule has 0 aliphatic rings. The second kappa shape index (κ2) is 8.22. The number of nitrogens with one attached hydrogen (secondary N) is 1. The van der Waals surface area contributed by atoms with Crippen LogP contribution in [-0.4, -0.2) is 44.9 Å². The second-order valence-corrected chi connectivity index (χ2v) is 6.31. The van der Waals surface area contributed by atoms with E-state index in [4.69, 9.17) is 10.7 Å². The first kappa shape index (κ1) is 18.9. The van der Waals surface area contributed by atoms with Gasteiger partial charge in [0.1, 0.15) is 5.84 Å². The summed E-state index contributed by atoms with van der Waals surface area (Å²) in [5, 5.41) is 25.7. The molecule has 3 rings (SSSR count). The summed E-state index contributed by atoms with van der Waals surface area (Å²) >= 11 is 0. The largest absolute Gasteiger partial charge is 0.336 e. The number of amidine groups is 1. The zero-order chi connectivity index (χ0) is 20.1. The smallest absolute Gasteiger partial charge is 0.227 e. The summed E-state index contributed by atoms with van der Waals surface area (Å²) in [5.74, 6) is 1.55. The number of rotatable bonds is 5. The molecule has 0 saturated heterocycles. The van der Waals surface area contributed by atoms with Crippen molar-refractivity contribution in [1.29, 1.82) is 10.7 Å². The van der Waals surface area contributed by atoms with Gasteiger partial charge in [0.15, 0.2) is 5.82 Å². The minimum atomic E-state index is 0.191. The molecule has 1 aromatic carbocycles. The number of benzene rings is 1. The van der Waals surface area contributed by atoms with Gasteiger partial charge in [-0.05, 0) is 36.8 Å². The van der Waals surface area contributed by atoms with Gasteiger partial charge in [0.2, 0.25) is 5.95 Å². The number of likely N-dealkylation sites (N-methyl/N-ethyl adjacent to an activating group) is 1. The SMILES string of the molecule is CC(=NC(=N)CN(C)c1nnc(-c2ccncc2)n1C)c1cccc(C#N)c1. The van der Waals surface area contributed by atoms with Gasteiger partial charge in [0.05, 0.1) is 18.2 Å². The van der Waals surface area contributed by atoms with Crippen LogP contribution in [0.15, 0.2) is 53.8 Å². The molecule has 0 amide bonds. The highest BCUT2D eigenvalue weighted by Gasteiger charge is 2.15. The number of nitrogens with zero attached hydrogens (tertiary/aromatic N) is 7. The predicted molar refractivity (Wildman–Crippen MR) is 109 cm³/mol. The topological polar surface area (TPSA) is 107 Å².